The van der Waals surface area contributed by atoms with Crippen LogP contribution in [0.3, 0.4) is 0 Å². The third-order valence-electron chi connectivity index (χ3n) is 4.75. The molecule has 3 rings (SSSR count). The molecule has 120 valence electrons. The summed E-state index contributed by atoms with van der Waals surface area (Å²) < 4.78 is 38.6. The molecule has 0 bridgehead atoms. The lowest BCUT2D eigenvalue weighted by molar-refractivity contribution is 0.373. The van der Waals surface area contributed by atoms with Gasteiger partial charge in [-0.25, -0.2) is 13.2 Å². The molecule has 0 amide bonds. The Morgan fingerprint density at radius 3 is 2.04 bits per heavy atom. The number of hydrogen-bond acceptors (Lipinski definition) is 0. The van der Waals surface area contributed by atoms with Crippen molar-refractivity contribution in [2.24, 2.45) is 5.92 Å². The van der Waals surface area contributed by atoms with E-state index >= 15 is 0 Å². The zero-order chi connectivity index (χ0) is 16.2. The highest BCUT2D eigenvalue weighted by atomic mass is 19.2. The van der Waals surface area contributed by atoms with Gasteiger partial charge in [0.1, 0.15) is 0 Å². The van der Waals surface area contributed by atoms with Crippen LogP contribution in [0, 0.1) is 17.6 Å². The number of allylic oxidation sites excluding steroid dienone is 1. The molecule has 0 saturated heterocycles. The maximum atomic E-state index is 13.3. The first-order chi connectivity index (χ1) is 11.2. The van der Waals surface area contributed by atoms with E-state index in [1.54, 1.807) is 12.1 Å². The summed E-state index contributed by atoms with van der Waals surface area (Å²) >= 11 is 0. The Morgan fingerprint density at radius 1 is 0.783 bits per heavy atom. The second kappa shape index (κ2) is 7.03. The van der Waals surface area contributed by atoms with Crippen molar-refractivity contribution in [2.45, 2.75) is 31.6 Å². The van der Waals surface area contributed by atoms with Gasteiger partial charge in [0.25, 0.3) is 0 Å². The Bertz CT molecular complexity index is 681. The van der Waals surface area contributed by atoms with E-state index in [0.29, 0.717) is 23.7 Å². The molecule has 2 aromatic rings. The van der Waals surface area contributed by atoms with Crippen LogP contribution >= 0.6 is 0 Å². The van der Waals surface area contributed by atoms with Crippen molar-refractivity contribution in [2.75, 3.05) is 0 Å². The first-order valence-electron chi connectivity index (χ1n) is 7.99. The molecule has 0 heterocycles. The second-order valence-electron chi connectivity index (χ2n) is 6.18. The Labute approximate surface area is 134 Å². The summed E-state index contributed by atoms with van der Waals surface area (Å²) in [5, 5.41) is 0. The summed E-state index contributed by atoms with van der Waals surface area (Å²) in [6.07, 6.45) is 6.44. The molecule has 0 radical (unpaired) electrons. The quantitative estimate of drug-likeness (QED) is 0.615. The molecule has 1 aliphatic rings. The van der Waals surface area contributed by atoms with Gasteiger partial charge >= 0.3 is 0 Å². The molecule has 23 heavy (non-hydrogen) atoms. The van der Waals surface area contributed by atoms with Gasteiger partial charge in [-0.3, -0.25) is 0 Å². The van der Waals surface area contributed by atoms with Gasteiger partial charge in [0.2, 0.25) is 0 Å². The summed E-state index contributed by atoms with van der Waals surface area (Å²) in [7, 11) is 0. The van der Waals surface area contributed by atoms with E-state index in [2.05, 4.69) is 12.1 Å². The summed E-state index contributed by atoms with van der Waals surface area (Å²) in [5.74, 6) is -0.800. The molecule has 1 fully saturated rings. The molecule has 2 aromatic carbocycles. The largest absolute Gasteiger partial charge is 0.216 e. The normalized spacial score (nSPS) is 21.7. The molecule has 0 aliphatic heterocycles. The Morgan fingerprint density at radius 2 is 1.43 bits per heavy atom. The van der Waals surface area contributed by atoms with Gasteiger partial charge in [0.15, 0.2) is 11.6 Å². The van der Waals surface area contributed by atoms with Crippen LogP contribution in [0.4, 0.5) is 13.2 Å². The monoisotopic (exact) mass is 316 g/mol. The van der Waals surface area contributed by atoms with Gasteiger partial charge in [-0.1, -0.05) is 36.4 Å². The van der Waals surface area contributed by atoms with Crippen molar-refractivity contribution >= 4 is 0 Å². The van der Waals surface area contributed by atoms with E-state index in [0.717, 1.165) is 37.3 Å². The van der Waals surface area contributed by atoms with Crippen molar-refractivity contribution in [3.63, 3.8) is 0 Å². The SMILES string of the molecule is F/C=C/C1CCC(c2ccc(-c3ccc(F)c(F)c3)cc2)CC1. The molecule has 0 spiro atoms. The Hall–Kier alpha value is -2.03. The average molecular weight is 316 g/mol. The molecule has 1 saturated carbocycles. The fourth-order valence-corrected chi connectivity index (χ4v) is 3.37. The number of hydrogen-bond donors (Lipinski definition) is 0. The van der Waals surface area contributed by atoms with E-state index in [1.165, 1.54) is 11.6 Å². The summed E-state index contributed by atoms with van der Waals surface area (Å²) in [4.78, 5) is 0. The predicted molar refractivity (Wildman–Crippen MR) is 86.7 cm³/mol. The van der Waals surface area contributed by atoms with Crippen LogP contribution < -0.4 is 0 Å². The molecule has 0 unspecified atom stereocenters. The summed E-state index contributed by atoms with van der Waals surface area (Å²) in [6.45, 7) is 0. The predicted octanol–water partition coefficient (Wildman–Crippen LogP) is 6.39. The van der Waals surface area contributed by atoms with Gasteiger partial charge in [-0.15, -0.1) is 0 Å². The van der Waals surface area contributed by atoms with Crippen molar-refractivity contribution in [3.05, 3.63) is 72.1 Å². The van der Waals surface area contributed by atoms with E-state index in [4.69, 9.17) is 0 Å². The van der Waals surface area contributed by atoms with Crippen LogP contribution in [-0.2, 0) is 0 Å². The lowest BCUT2D eigenvalue weighted by Crippen LogP contribution is -2.11. The minimum absolute atomic E-state index is 0.359. The highest BCUT2D eigenvalue weighted by molar-refractivity contribution is 5.63. The van der Waals surface area contributed by atoms with E-state index in [1.807, 2.05) is 12.1 Å². The van der Waals surface area contributed by atoms with Crippen LogP contribution in [0.1, 0.15) is 37.2 Å². The van der Waals surface area contributed by atoms with Crippen molar-refractivity contribution in [3.8, 4) is 11.1 Å². The van der Waals surface area contributed by atoms with Crippen LogP contribution in [-0.4, -0.2) is 0 Å². The van der Waals surface area contributed by atoms with Crippen LogP contribution in [0.25, 0.3) is 11.1 Å². The smallest absolute Gasteiger partial charge is 0.159 e. The number of rotatable bonds is 3. The number of benzene rings is 2. The van der Waals surface area contributed by atoms with Gasteiger partial charge in [-0.05, 0) is 66.3 Å². The van der Waals surface area contributed by atoms with Crippen molar-refractivity contribution < 1.29 is 13.2 Å². The first kappa shape index (κ1) is 15.9. The fraction of sp³-hybridized carbons (Fsp3) is 0.300. The van der Waals surface area contributed by atoms with E-state index in [-0.39, 0.29) is 0 Å². The van der Waals surface area contributed by atoms with Crippen LogP contribution in [0.5, 0.6) is 0 Å². The molecule has 0 nitrogen and oxygen atoms in total. The third kappa shape index (κ3) is 3.66. The minimum atomic E-state index is -0.829. The Kier molecular flexibility index (Phi) is 4.85. The summed E-state index contributed by atoms with van der Waals surface area (Å²) in [5.41, 5.74) is 2.81. The zero-order valence-electron chi connectivity index (χ0n) is 12.8. The van der Waals surface area contributed by atoms with Gasteiger partial charge < -0.3 is 0 Å². The first-order valence-corrected chi connectivity index (χ1v) is 7.99. The molecule has 0 atom stereocenters. The van der Waals surface area contributed by atoms with E-state index in [9.17, 15) is 13.2 Å². The minimum Gasteiger partial charge on any atom is -0.216 e. The van der Waals surface area contributed by atoms with E-state index < -0.39 is 11.6 Å². The molecular formula is C20H19F3. The third-order valence-corrected chi connectivity index (χ3v) is 4.75. The zero-order valence-corrected chi connectivity index (χ0v) is 12.8. The van der Waals surface area contributed by atoms with Crippen molar-refractivity contribution in [1.29, 1.82) is 0 Å². The number of halogens is 3. The molecule has 3 heteroatoms. The van der Waals surface area contributed by atoms with Gasteiger partial charge in [0, 0.05) is 0 Å². The highest BCUT2D eigenvalue weighted by Crippen LogP contribution is 2.37. The highest BCUT2D eigenvalue weighted by Gasteiger charge is 2.20. The molecular weight excluding hydrogens is 297 g/mol. The molecule has 0 aromatic heterocycles. The Balaban J connectivity index is 1.71. The topological polar surface area (TPSA) is 0 Å². The average Bonchev–Trinajstić information content (AvgIpc) is 2.59. The lowest BCUT2D eigenvalue weighted by Gasteiger charge is -2.27. The maximum Gasteiger partial charge on any atom is 0.159 e. The maximum absolute atomic E-state index is 13.3. The van der Waals surface area contributed by atoms with Crippen molar-refractivity contribution in [1.82, 2.24) is 0 Å². The second-order valence-corrected chi connectivity index (χ2v) is 6.18. The molecule has 1 aliphatic carbocycles. The van der Waals surface area contributed by atoms with Gasteiger partial charge in [-0.2, -0.15) is 0 Å². The summed E-state index contributed by atoms with van der Waals surface area (Å²) in [6, 6.07) is 12.0. The van der Waals surface area contributed by atoms with Crippen LogP contribution in [0.2, 0.25) is 0 Å². The fourth-order valence-electron chi connectivity index (χ4n) is 3.37. The molecule has 0 N–H and O–H groups in total. The van der Waals surface area contributed by atoms with Gasteiger partial charge in [0.05, 0.1) is 6.33 Å². The standard InChI is InChI=1S/C20H19F3/c21-12-11-14-1-3-15(4-2-14)16-5-7-17(8-6-16)18-9-10-19(22)20(23)13-18/h5-15H,1-4H2/b12-11+. The lowest BCUT2D eigenvalue weighted by atomic mass is 9.78. The van der Waals surface area contributed by atoms with Crippen LogP contribution in [0.15, 0.2) is 54.9 Å².